The molecule has 3 aromatic heterocycles. The van der Waals surface area contributed by atoms with Gasteiger partial charge >= 0.3 is 0 Å². The highest BCUT2D eigenvalue weighted by Crippen LogP contribution is 2.31. The molecule has 3 aromatic rings. The first-order valence-corrected chi connectivity index (χ1v) is 8.32. The van der Waals surface area contributed by atoms with Gasteiger partial charge in [0, 0.05) is 24.3 Å². The molecule has 0 saturated carbocycles. The highest BCUT2D eigenvalue weighted by Gasteiger charge is 2.13. The van der Waals surface area contributed by atoms with E-state index in [9.17, 15) is 0 Å². The maximum absolute atomic E-state index is 4.72. The van der Waals surface area contributed by atoms with Crippen LogP contribution in [0.5, 0.6) is 0 Å². The number of pyridine rings is 1. The Hall–Kier alpha value is -1.37. The van der Waals surface area contributed by atoms with Crippen molar-refractivity contribution in [2.75, 3.05) is 6.54 Å². The van der Waals surface area contributed by atoms with Crippen molar-refractivity contribution in [1.82, 2.24) is 19.7 Å². The average Bonchev–Trinajstić information content (AvgIpc) is 3.08. The molecule has 0 unspecified atom stereocenters. The van der Waals surface area contributed by atoms with Crippen molar-refractivity contribution in [2.45, 2.75) is 29.3 Å². The number of hydrogen-bond donors (Lipinski definition) is 1. The zero-order chi connectivity index (χ0) is 13.8. The van der Waals surface area contributed by atoms with Crippen LogP contribution >= 0.6 is 23.1 Å². The van der Waals surface area contributed by atoms with Crippen LogP contribution in [0.4, 0.5) is 0 Å². The van der Waals surface area contributed by atoms with Gasteiger partial charge in [0.1, 0.15) is 10.7 Å². The lowest BCUT2D eigenvalue weighted by Crippen LogP contribution is -2.15. The number of thiazole rings is 1. The summed E-state index contributed by atoms with van der Waals surface area (Å²) >= 11 is 3.29. The fraction of sp³-hybridized carbons (Fsp3) is 0.286. The quantitative estimate of drug-likeness (QED) is 0.708. The van der Waals surface area contributed by atoms with Gasteiger partial charge in [-0.2, -0.15) is 0 Å². The molecule has 4 nitrogen and oxygen atoms in total. The molecule has 6 heteroatoms. The minimum Gasteiger partial charge on any atom is -0.311 e. The summed E-state index contributed by atoms with van der Waals surface area (Å²) in [4.78, 5) is 9.05. The topological polar surface area (TPSA) is 42.2 Å². The van der Waals surface area contributed by atoms with Crippen molar-refractivity contribution in [3.8, 4) is 0 Å². The number of nitrogens with one attached hydrogen (secondary N) is 1. The Labute approximate surface area is 126 Å². The number of rotatable bonds is 6. The van der Waals surface area contributed by atoms with Gasteiger partial charge in [0.15, 0.2) is 4.34 Å². The first kappa shape index (κ1) is 13.6. The Kier molecular flexibility index (Phi) is 4.34. The molecule has 104 valence electrons. The fourth-order valence-electron chi connectivity index (χ4n) is 1.99. The van der Waals surface area contributed by atoms with E-state index in [-0.39, 0.29) is 0 Å². The van der Waals surface area contributed by atoms with Crippen molar-refractivity contribution in [3.63, 3.8) is 0 Å². The molecule has 0 spiro atoms. The molecule has 0 bridgehead atoms. The molecule has 0 aromatic carbocycles. The van der Waals surface area contributed by atoms with E-state index >= 15 is 0 Å². The molecule has 0 saturated heterocycles. The molecular formula is C14H16N4S2. The van der Waals surface area contributed by atoms with Gasteiger partial charge in [0.2, 0.25) is 0 Å². The Bertz CT molecular complexity index is 676. The molecule has 0 fully saturated rings. The fourth-order valence-corrected chi connectivity index (χ4v) is 3.66. The minimum absolute atomic E-state index is 0.826. The van der Waals surface area contributed by atoms with Crippen molar-refractivity contribution in [2.24, 2.45) is 0 Å². The van der Waals surface area contributed by atoms with Gasteiger partial charge in [0.25, 0.3) is 0 Å². The minimum atomic E-state index is 0.826. The van der Waals surface area contributed by atoms with E-state index in [0.29, 0.717) is 0 Å². The van der Waals surface area contributed by atoms with Crippen LogP contribution < -0.4 is 5.32 Å². The maximum Gasteiger partial charge on any atom is 0.156 e. The van der Waals surface area contributed by atoms with E-state index in [4.69, 9.17) is 4.98 Å². The van der Waals surface area contributed by atoms with E-state index in [1.165, 1.54) is 5.69 Å². The summed E-state index contributed by atoms with van der Waals surface area (Å²) in [5, 5.41) is 6.49. The molecule has 1 N–H and O–H groups in total. The van der Waals surface area contributed by atoms with Gasteiger partial charge in [0.05, 0.1) is 5.69 Å². The normalized spacial score (nSPS) is 11.2. The molecule has 0 radical (unpaired) electrons. The lowest BCUT2D eigenvalue weighted by Gasteiger charge is -2.05. The van der Waals surface area contributed by atoms with E-state index in [1.54, 1.807) is 23.1 Å². The standard InChI is InChI=1S/C14H16N4S2/c1-2-6-15-10-11-13(20-14-16-7-9-19-14)17-12-5-3-4-8-18(11)12/h3-5,7-9,15H,2,6,10H2,1H3. The van der Waals surface area contributed by atoms with Gasteiger partial charge in [-0.1, -0.05) is 13.0 Å². The second kappa shape index (κ2) is 6.39. The summed E-state index contributed by atoms with van der Waals surface area (Å²) in [5.41, 5.74) is 2.19. The molecule has 3 rings (SSSR count). The Morgan fingerprint density at radius 3 is 3.15 bits per heavy atom. The third-order valence-corrected chi connectivity index (χ3v) is 4.81. The van der Waals surface area contributed by atoms with Crippen LogP contribution in [0.1, 0.15) is 19.0 Å². The Morgan fingerprint density at radius 1 is 1.40 bits per heavy atom. The monoisotopic (exact) mass is 304 g/mol. The number of fused-ring (bicyclic) bond motifs is 1. The smallest absolute Gasteiger partial charge is 0.156 e. The van der Waals surface area contributed by atoms with Gasteiger partial charge in [-0.15, -0.1) is 11.3 Å². The van der Waals surface area contributed by atoms with Gasteiger partial charge < -0.3 is 9.72 Å². The first-order chi connectivity index (χ1) is 9.88. The van der Waals surface area contributed by atoms with E-state index < -0.39 is 0 Å². The summed E-state index contributed by atoms with van der Waals surface area (Å²) < 4.78 is 3.18. The second-order valence-electron chi connectivity index (χ2n) is 4.37. The van der Waals surface area contributed by atoms with Crippen LogP contribution in [0, 0.1) is 0 Å². The number of imidazole rings is 1. The van der Waals surface area contributed by atoms with E-state index in [0.717, 1.165) is 34.5 Å². The predicted octanol–water partition coefficient (Wildman–Crippen LogP) is 3.44. The molecule has 0 aliphatic heterocycles. The molecular weight excluding hydrogens is 288 g/mol. The van der Waals surface area contributed by atoms with Crippen LogP contribution in [0.3, 0.4) is 0 Å². The highest BCUT2D eigenvalue weighted by molar-refractivity contribution is 8.01. The summed E-state index contributed by atoms with van der Waals surface area (Å²) in [6, 6.07) is 6.09. The van der Waals surface area contributed by atoms with Gasteiger partial charge in [-0.3, -0.25) is 0 Å². The molecule has 3 heterocycles. The Balaban J connectivity index is 1.94. The predicted molar refractivity (Wildman–Crippen MR) is 83.4 cm³/mol. The van der Waals surface area contributed by atoms with Crippen LogP contribution in [0.25, 0.3) is 5.65 Å². The largest absolute Gasteiger partial charge is 0.311 e. The van der Waals surface area contributed by atoms with E-state index in [2.05, 4.69) is 27.8 Å². The number of hydrogen-bond acceptors (Lipinski definition) is 5. The third-order valence-electron chi connectivity index (χ3n) is 2.90. The van der Waals surface area contributed by atoms with Crippen molar-refractivity contribution >= 4 is 28.7 Å². The molecule has 0 aliphatic carbocycles. The lowest BCUT2D eigenvalue weighted by molar-refractivity contribution is 0.652. The Morgan fingerprint density at radius 2 is 2.35 bits per heavy atom. The third kappa shape index (κ3) is 2.87. The molecule has 0 aliphatic rings. The van der Waals surface area contributed by atoms with Gasteiger partial charge in [-0.25, -0.2) is 9.97 Å². The van der Waals surface area contributed by atoms with Crippen LogP contribution in [-0.4, -0.2) is 20.9 Å². The maximum atomic E-state index is 4.72. The molecule has 20 heavy (non-hydrogen) atoms. The average molecular weight is 304 g/mol. The summed E-state index contributed by atoms with van der Waals surface area (Å²) in [6.07, 6.45) is 5.03. The lowest BCUT2D eigenvalue weighted by atomic mass is 10.4. The number of aromatic nitrogens is 3. The summed E-state index contributed by atoms with van der Waals surface area (Å²) in [5.74, 6) is 0. The van der Waals surface area contributed by atoms with E-state index in [1.807, 2.05) is 29.8 Å². The van der Waals surface area contributed by atoms with Crippen molar-refractivity contribution < 1.29 is 0 Å². The second-order valence-corrected chi connectivity index (χ2v) is 6.50. The number of nitrogens with zero attached hydrogens (tertiary/aromatic N) is 3. The molecule has 0 atom stereocenters. The molecule has 0 amide bonds. The van der Waals surface area contributed by atoms with Crippen LogP contribution in [-0.2, 0) is 6.54 Å². The SMILES string of the molecule is CCCNCc1c(Sc2nccs2)nc2ccccn12. The van der Waals surface area contributed by atoms with Crippen molar-refractivity contribution in [1.29, 1.82) is 0 Å². The summed E-state index contributed by atoms with van der Waals surface area (Å²) in [7, 11) is 0. The summed E-state index contributed by atoms with van der Waals surface area (Å²) in [6.45, 7) is 4.01. The van der Waals surface area contributed by atoms with Crippen LogP contribution in [0.15, 0.2) is 45.3 Å². The first-order valence-electron chi connectivity index (χ1n) is 6.62. The zero-order valence-electron chi connectivity index (χ0n) is 11.2. The highest BCUT2D eigenvalue weighted by atomic mass is 32.2. The zero-order valence-corrected chi connectivity index (χ0v) is 12.9. The van der Waals surface area contributed by atoms with Crippen LogP contribution in [0.2, 0.25) is 0 Å². The van der Waals surface area contributed by atoms with Crippen molar-refractivity contribution in [3.05, 3.63) is 41.7 Å². The van der Waals surface area contributed by atoms with Gasteiger partial charge in [-0.05, 0) is 36.9 Å².